The Hall–Kier alpha value is -1.06. The average molecular weight is 238 g/mol. The fourth-order valence-corrected chi connectivity index (χ4v) is 0.852. The Bertz CT molecular complexity index is 271. The molecule has 0 aliphatic carbocycles. The molecule has 1 rings (SSSR count). The maximum Gasteiger partial charge on any atom is 0.528 e. The number of halogens is 3. The minimum absolute atomic E-state index is 0.623. The van der Waals surface area contributed by atoms with Crippen molar-refractivity contribution in [2.24, 2.45) is 0 Å². The Balaban J connectivity index is 0.000000280. The van der Waals surface area contributed by atoms with E-state index in [4.69, 9.17) is 0 Å². The van der Waals surface area contributed by atoms with Crippen LogP contribution in [-0.2, 0) is 9.09 Å². The monoisotopic (exact) mass is 238 g/mol. The first-order valence-electron chi connectivity index (χ1n) is 3.88. The molecule has 15 heavy (non-hydrogen) atoms. The van der Waals surface area contributed by atoms with E-state index in [-0.39, 0.29) is 0 Å². The number of hydrogen-bond acceptors (Lipinski definition) is 2. The lowest BCUT2D eigenvalue weighted by molar-refractivity contribution is -0.271. The zero-order chi connectivity index (χ0) is 11.7. The molecule has 0 heterocycles. The average Bonchev–Trinajstić information content (AvgIpc) is 2.19. The maximum absolute atomic E-state index is 11.0. The minimum Gasteiger partial charge on any atom is -0.291 e. The second-order valence-electron chi connectivity index (χ2n) is 2.23. The number of benzene rings is 1. The summed E-state index contributed by atoms with van der Waals surface area (Å²) < 4.78 is 46.1. The fraction of sp³-hybridized carbons (Fsp3) is 0.111. The highest BCUT2D eigenvalue weighted by Gasteiger charge is 2.30. The maximum atomic E-state index is 11.0. The normalized spacial score (nSPS) is 12.2. The van der Waals surface area contributed by atoms with Crippen molar-refractivity contribution in [2.45, 2.75) is 6.36 Å². The molecule has 0 radical (unpaired) electrons. The molecule has 0 saturated heterocycles. The summed E-state index contributed by atoms with van der Waals surface area (Å²) in [5, 5.41) is 0. The van der Waals surface area contributed by atoms with Crippen LogP contribution in [0.25, 0.3) is 0 Å². The van der Waals surface area contributed by atoms with Gasteiger partial charge in [-0.15, -0.1) is 13.2 Å². The molecular formula is C9H10F3O2P. The highest BCUT2D eigenvalue weighted by atomic mass is 31.1. The van der Waals surface area contributed by atoms with E-state index in [0.29, 0.717) is 5.82 Å². The van der Waals surface area contributed by atoms with Crippen molar-refractivity contribution >= 4 is 8.03 Å². The molecule has 84 valence electrons. The summed E-state index contributed by atoms with van der Waals surface area (Å²) >= 11 is 0. The SMILES string of the molecule is C=C[PH](=O)OC(F)(F)F.c1ccccc1. The standard InChI is InChI=1S/C6H6.C3H4F3O2P/c1-2-4-6-5-3-1;1-2-9(7)8-3(4,5)6/h1-6H;2,9H,1H2. The summed E-state index contributed by atoms with van der Waals surface area (Å²) in [6, 6.07) is 12.0. The minimum atomic E-state index is -4.82. The van der Waals surface area contributed by atoms with Crippen LogP contribution in [0, 0.1) is 0 Å². The van der Waals surface area contributed by atoms with E-state index in [0.717, 1.165) is 0 Å². The van der Waals surface area contributed by atoms with Gasteiger partial charge < -0.3 is 0 Å². The second kappa shape index (κ2) is 7.26. The number of alkyl halides is 3. The zero-order valence-electron chi connectivity index (χ0n) is 7.70. The predicted molar refractivity (Wildman–Crippen MR) is 52.8 cm³/mol. The lowest BCUT2D eigenvalue weighted by Gasteiger charge is -2.02. The molecule has 0 aromatic heterocycles. The summed E-state index contributed by atoms with van der Waals surface area (Å²) in [6.45, 7) is 2.85. The molecule has 1 atom stereocenters. The van der Waals surface area contributed by atoms with Gasteiger partial charge in [-0.2, -0.15) is 0 Å². The summed E-state index contributed by atoms with van der Waals surface area (Å²) in [6.07, 6.45) is -4.82. The van der Waals surface area contributed by atoms with Gasteiger partial charge in [-0.05, 0) is 5.82 Å². The van der Waals surface area contributed by atoms with Gasteiger partial charge in [-0.3, -0.25) is 4.57 Å². The topological polar surface area (TPSA) is 26.3 Å². The molecule has 0 amide bonds. The fourth-order valence-electron chi connectivity index (χ4n) is 0.541. The van der Waals surface area contributed by atoms with Crippen LogP contribution >= 0.6 is 8.03 Å². The Morgan fingerprint density at radius 3 is 1.53 bits per heavy atom. The van der Waals surface area contributed by atoms with Gasteiger partial charge in [0, 0.05) is 0 Å². The van der Waals surface area contributed by atoms with Gasteiger partial charge in [0.05, 0.1) is 0 Å². The first-order valence-corrected chi connectivity index (χ1v) is 5.27. The molecule has 6 heteroatoms. The van der Waals surface area contributed by atoms with E-state index in [2.05, 4.69) is 11.1 Å². The summed E-state index contributed by atoms with van der Waals surface area (Å²) in [7, 11) is -3.10. The smallest absolute Gasteiger partial charge is 0.291 e. The van der Waals surface area contributed by atoms with E-state index in [1.807, 2.05) is 36.4 Å². The first kappa shape index (κ1) is 13.9. The van der Waals surface area contributed by atoms with E-state index in [9.17, 15) is 17.7 Å². The lowest BCUT2D eigenvalue weighted by atomic mass is 10.4. The number of rotatable bonds is 2. The van der Waals surface area contributed by atoms with Crippen LogP contribution in [-0.4, -0.2) is 6.36 Å². The first-order chi connectivity index (χ1) is 6.95. The lowest BCUT2D eigenvalue weighted by Crippen LogP contribution is -2.06. The molecule has 0 saturated carbocycles. The van der Waals surface area contributed by atoms with Gasteiger partial charge in [-0.25, -0.2) is 4.52 Å². The highest BCUT2D eigenvalue weighted by molar-refractivity contribution is 7.42. The van der Waals surface area contributed by atoms with Gasteiger partial charge >= 0.3 is 6.36 Å². The van der Waals surface area contributed by atoms with Crippen LogP contribution in [0.5, 0.6) is 0 Å². The molecule has 0 N–H and O–H groups in total. The van der Waals surface area contributed by atoms with Crippen LogP contribution in [0.4, 0.5) is 13.2 Å². The molecule has 0 bridgehead atoms. The molecule has 1 unspecified atom stereocenters. The van der Waals surface area contributed by atoms with Crippen LogP contribution < -0.4 is 0 Å². The van der Waals surface area contributed by atoms with Crippen molar-refractivity contribution in [3.63, 3.8) is 0 Å². The van der Waals surface area contributed by atoms with Crippen LogP contribution in [0.2, 0.25) is 0 Å². The second-order valence-corrected chi connectivity index (χ2v) is 3.48. The molecule has 0 aliphatic rings. The molecule has 1 aromatic rings. The Labute approximate surface area is 86.2 Å². The van der Waals surface area contributed by atoms with Crippen LogP contribution in [0.1, 0.15) is 0 Å². The summed E-state index contributed by atoms with van der Waals surface area (Å²) in [5.74, 6) is 0.623. The van der Waals surface area contributed by atoms with Crippen LogP contribution in [0.3, 0.4) is 0 Å². The van der Waals surface area contributed by atoms with Crippen molar-refractivity contribution in [3.8, 4) is 0 Å². The van der Waals surface area contributed by atoms with Gasteiger partial charge in [0.1, 0.15) is 0 Å². The van der Waals surface area contributed by atoms with Crippen molar-refractivity contribution in [1.82, 2.24) is 0 Å². The van der Waals surface area contributed by atoms with Crippen molar-refractivity contribution in [3.05, 3.63) is 48.8 Å². The van der Waals surface area contributed by atoms with Crippen LogP contribution in [0.15, 0.2) is 48.8 Å². The van der Waals surface area contributed by atoms with E-state index in [1.165, 1.54) is 0 Å². The zero-order valence-corrected chi connectivity index (χ0v) is 8.70. The molecule has 0 aliphatic heterocycles. The Morgan fingerprint density at radius 2 is 1.40 bits per heavy atom. The highest BCUT2D eigenvalue weighted by Crippen LogP contribution is 2.33. The molecule has 0 fully saturated rings. The Morgan fingerprint density at radius 1 is 1.07 bits per heavy atom. The third-order valence-electron chi connectivity index (χ3n) is 1.05. The quantitative estimate of drug-likeness (QED) is 0.732. The molecule has 1 aromatic carbocycles. The third-order valence-corrected chi connectivity index (χ3v) is 1.82. The van der Waals surface area contributed by atoms with E-state index in [1.54, 1.807) is 0 Å². The summed E-state index contributed by atoms with van der Waals surface area (Å²) in [5.41, 5.74) is 0. The summed E-state index contributed by atoms with van der Waals surface area (Å²) in [4.78, 5) is 0. The van der Waals surface area contributed by atoms with Gasteiger partial charge in [-0.1, -0.05) is 43.0 Å². The van der Waals surface area contributed by atoms with Gasteiger partial charge in [0.2, 0.25) is 8.03 Å². The number of hydrogen-bond donors (Lipinski definition) is 0. The van der Waals surface area contributed by atoms with E-state index >= 15 is 0 Å². The Kier molecular flexibility index (Phi) is 6.75. The van der Waals surface area contributed by atoms with Crippen molar-refractivity contribution in [2.75, 3.05) is 0 Å². The van der Waals surface area contributed by atoms with Crippen molar-refractivity contribution in [1.29, 1.82) is 0 Å². The predicted octanol–water partition coefficient (Wildman–Crippen LogP) is 3.83. The largest absolute Gasteiger partial charge is 0.528 e. The van der Waals surface area contributed by atoms with E-state index < -0.39 is 14.4 Å². The third kappa shape index (κ3) is 10.9. The van der Waals surface area contributed by atoms with Gasteiger partial charge in [0.15, 0.2) is 0 Å². The van der Waals surface area contributed by atoms with Gasteiger partial charge in [0.25, 0.3) is 0 Å². The molecule has 0 spiro atoms. The van der Waals surface area contributed by atoms with Crippen molar-refractivity contribution < 1.29 is 22.3 Å². The molecule has 2 nitrogen and oxygen atoms in total. The molecular weight excluding hydrogens is 228 g/mol.